The van der Waals surface area contributed by atoms with Gasteiger partial charge in [-0.05, 0) is 25.0 Å². The summed E-state index contributed by atoms with van der Waals surface area (Å²) in [6.07, 6.45) is 6.02. The summed E-state index contributed by atoms with van der Waals surface area (Å²) in [5.74, 6) is -1.09. The molecule has 1 aromatic rings. The van der Waals surface area contributed by atoms with E-state index in [0.717, 1.165) is 31.7 Å². The molecule has 1 fully saturated rings. The third kappa shape index (κ3) is 4.51. The lowest BCUT2D eigenvalue weighted by Crippen LogP contribution is -2.40. The number of rotatable bonds is 5. The highest BCUT2D eigenvalue weighted by Crippen LogP contribution is 2.26. The predicted molar refractivity (Wildman–Crippen MR) is 79.3 cm³/mol. The summed E-state index contributed by atoms with van der Waals surface area (Å²) >= 11 is 0. The van der Waals surface area contributed by atoms with Crippen LogP contribution in [0.3, 0.4) is 0 Å². The summed E-state index contributed by atoms with van der Waals surface area (Å²) in [6, 6.07) is 4.22. The van der Waals surface area contributed by atoms with Crippen LogP contribution < -0.4 is 11.1 Å². The van der Waals surface area contributed by atoms with Gasteiger partial charge < -0.3 is 16.2 Å². The third-order valence-electron chi connectivity index (χ3n) is 4.14. The van der Waals surface area contributed by atoms with E-state index >= 15 is 0 Å². The van der Waals surface area contributed by atoms with E-state index in [1.54, 1.807) is 6.07 Å². The summed E-state index contributed by atoms with van der Waals surface area (Å²) in [4.78, 5) is 11.0. The molecule has 0 unspecified atom stereocenters. The van der Waals surface area contributed by atoms with Gasteiger partial charge in [0.15, 0.2) is 0 Å². The van der Waals surface area contributed by atoms with E-state index in [4.69, 9.17) is 5.73 Å². The second kappa shape index (κ2) is 7.00. The van der Waals surface area contributed by atoms with Crippen LogP contribution in [0.2, 0.25) is 0 Å². The van der Waals surface area contributed by atoms with Crippen LogP contribution in [0.4, 0.5) is 4.39 Å². The number of hydrogen-bond acceptors (Lipinski definition) is 3. The monoisotopic (exact) mass is 294 g/mol. The Bertz CT molecular complexity index is 497. The number of aliphatic hydroxyl groups is 1. The number of hydrogen-bond donors (Lipinski definition) is 3. The van der Waals surface area contributed by atoms with Gasteiger partial charge in [-0.3, -0.25) is 4.79 Å². The standard InChI is InChI=1S/C16H23FN2O2/c17-14-9-12(15(18)20)5-6-13(14)10-19-11-16(21)7-3-1-2-4-8-16/h5-6,9,19,21H,1-4,7-8,10-11H2,(H2,18,20). The maximum Gasteiger partial charge on any atom is 0.248 e. The smallest absolute Gasteiger partial charge is 0.248 e. The zero-order valence-electron chi connectivity index (χ0n) is 12.2. The first-order chi connectivity index (χ1) is 10.0. The van der Waals surface area contributed by atoms with Crippen molar-refractivity contribution in [1.82, 2.24) is 5.32 Å². The molecule has 0 saturated heterocycles. The Kier molecular flexibility index (Phi) is 5.31. The van der Waals surface area contributed by atoms with Gasteiger partial charge in [0.2, 0.25) is 5.91 Å². The number of halogens is 1. The van der Waals surface area contributed by atoms with Crippen LogP contribution in [0.5, 0.6) is 0 Å². The van der Waals surface area contributed by atoms with E-state index in [0.29, 0.717) is 18.7 Å². The fraction of sp³-hybridized carbons (Fsp3) is 0.562. The van der Waals surface area contributed by atoms with Gasteiger partial charge in [0.05, 0.1) is 5.60 Å². The molecule has 1 aliphatic rings. The number of carbonyl (C=O) groups is 1. The Balaban J connectivity index is 1.89. The quantitative estimate of drug-likeness (QED) is 0.728. The molecular formula is C16H23FN2O2. The van der Waals surface area contributed by atoms with Crippen molar-refractivity contribution < 1.29 is 14.3 Å². The lowest BCUT2D eigenvalue weighted by molar-refractivity contribution is 0.0250. The van der Waals surface area contributed by atoms with Gasteiger partial charge in [-0.25, -0.2) is 4.39 Å². The Morgan fingerprint density at radius 1 is 1.29 bits per heavy atom. The minimum Gasteiger partial charge on any atom is -0.389 e. The fourth-order valence-electron chi connectivity index (χ4n) is 2.84. The van der Waals surface area contributed by atoms with Crippen LogP contribution in [-0.4, -0.2) is 23.2 Å². The Morgan fingerprint density at radius 3 is 2.52 bits per heavy atom. The Labute approximate surface area is 124 Å². The molecule has 5 heteroatoms. The van der Waals surface area contributed by atoms with E-state index in [1.165, 1.54) is 18.9 Å². The number of primary amides is 1. The first-order valence-corrected chi connectivity index (χ1v) is 7.51. The van der Waals surface area contributed by atoms with Crippen molar-refractivity contribution >= 4 is 5.91 Å². The van der Waals surface area contributed by atoms with Gasteiger partial charge in [0.1, 0.15) is 5.82 Å². The average Bonchev–Trinajstić information content (AvgIpc) is 2.65. The summed E-state index contributed by atoms with van der Waals surface area (Å²) in [6.45, 7) is 0.789. The number of nitrogens with two attached hydrogens (primary N) is 1. The van der Waals surface area contributed by atoms with Crippen molar-refractivity contribution in [3.63, 3.8) is 0 Å². The fourth-order valence-corrected chi connectivity index (χ4v) is 2.84. The molecule has 1 aromatic carbocycles. The van der Waals surface area contributed by atoms with Crippen LogP contribution in [0.15, 0.2) is 18.2 Å². The first kappa shape index (κ1) is 15.9. The molecule has 0 aromatic heterocycles. The summed E-state index contributed by atoms with van der Waals surface area (Å²) < 4.78 is 13.8. The molecule has 0 aliphatic heterocycles. The van der Waals surface area contributed by atoms with Crippen LogP contribution in [0.1, 0.15) is 54.4 Å². The van der Waals surface area contributed by atoms with E-state index in [1.807, 2.05) is 0 Å². The third-order valence-corrected chi connectivity index (χ3v) is 4.14. The Hall–Kier alpha value is -1.46. The lowest BCUT2D eigenvalue weighted by atomic mass is 9.94. The zero-order valence-corrected chi connectivity index (χ0v) is 12.2. The van der Waals surface area contributed by atoms with Gasteiger partial charge in [-0.1, -0.05) is 31.7 Å². The van der Waals surface area contributed by atoms with Crippen molar-refractivity contribution in [3.8, 4) is 0 Å². The largest absolute Gasteiger partial charge is 0.389 e. The molecule has 0 atom stereocenters. The topological polar surface area (TPSA) is 75.4 Å². The summed E-state index contributed by atoms with van der Waals surface area (Å²) in [5, 5.41) is 13.6. The Morgan fingerprint density at radius 2 is 1.95 bits per heavy atom. The van der Waals surface area contributed by atoms with E-state index in [2.05, 4.69) is 5.32 Å². The molecule has 1 aliphatic carbocycles. The van der Waals surface area contributed by atoms with Gasteiger partial charge in [-0.15, -0.1) is 0 Å². The predicted octanol–water partition coefficient (Wildman–Crippen LogP) is 2.10. The molecule has 0 bridgehead atoms. The number of benzene rings is 1. The zero-order chi connectivity index (χ0) is 15.3. The summed E-state index contributed by atoms with van der Waals surface area (Å²) in [5.41, 5.74) is 5.06. The second-order valence-corrected chi connectivity index (χ2v) is 5.91. The highest BCUT2D eigenvalue weighted by atomic mass is 19.1. The molecule has 116 valence electrons. The van der Waals surface area contributed by atoms with Crippen molar-refractivity contribution in [3.05, 3.63) is 35.1 Å². The van der Waals surface area contributed by atoms with Crippen LogP contribution in [0, 0.1) is 5.82 Å². The highest BCUT2D eigenvalue weighted by Gasteiger charge is 2.27. The normalized spacial score (nSPS) is 18.2. The van der Waals surface area contributed by atoms with Gasteiger partial charge in [0, 0.05) is 24.2 Å². The lowest BCUT2D eigenvalue weighted by Gasteiger charge is -2.27. The minimum absolute atomic E-state index is 0.165. The van der Waals surface area contributed by atoms with E-state index in [9.17, 15) is 14.3 Å². The number of amides is 1. The molecule has 0 radical (unpaired) electrons. The molecule has 0 spiro atoms. The maximum absolute atomic E-state index is 13.8. The van der Waals surface area contributed by atoms with Crippen molar-refractivity contribution in [1.29, 1.82) is 0 Å². The molecule has 0 heterocycles. The van der Waals surface area contributed by atoms with Crippen molar-refractivity contribution in [2.24, 2.45) is 5.73 Å². The SMILES string of the molecule is NC(=O)c1ccc(CNCC2(O)CCCCCC2)c(F)c1. The molecule has 4 nitrogen and oxygen atoms in total. The molecule has 2 rings (SSSR count). The molecule has 1 saturated carbocycles. The van der Waals surface area contributed by atoms with Crippen molar-refractivity contribution in [2.75, 3.05) is 6.54 Å². The molecule has 21 heavy (non-hydrogen) atoms. The minimum atomic E-state index is -0.680. The molecule has 4 N–H and O–H groups in total. The van der Waals surface area contributed by atoms with Gasteiger partial charge in [0.25, 0.3) is 0 Å². The molecule has 1 amide bonds. The first-order valence-electron chi connectivity index (χ1n) is 7.51. The summed E-state index contributed by atoms with van der Waals surface area (Å²) in [7, 11) is 0. The second-order valence-electron chi connectivity index (χ2n) is 5.91. The highest BCUT2D eigenvalue weighted by molar-refractivity contribution is 5.92. The van der Waals surface area contributed by atoms with Gasteiger partial charge in [-0.2, -0.15) is 0 Å². The number of nitrogens with one attached hydrogen (secondary N) is 1. The average molecular weight is 294 g/mol. The number of carbonyl (C=O) groups excluding carboxylic acids is 1. The van der Waals surface area contributed by atoms with Gasteiger partial charge >= 0.3 is 0 Å². The van der Waals surface area contributed by atoms with E-state index < -0.39 is 17.3 Å². The molecular weight excluding hydrogens is 271 g/mol. The van der Waals surface area contributed by atoms with E-state index in [-0.39, 0.29) is 5.56 Å². The van der Waals surface area contributed by atoms with Crippen LogP contribution >= 0.6 is 0 Å². The van der Waals surface area contributed by atoms with Crippen LogP contribution in [-0.2, 0) is 6.54 Å². The van der Waals surface area contributed by atoms with Crippen molar-refractivity contribution in [2.45, 2.75) is 50.7 Å². The van der Waals surface area contributed by atoms with Crippen LogP contribution in [0.25, 0.3) is 0 Å². The maximum atomic E-state index is 13.8.